The molecule has 0 aliphatic carbocycles. The fraction of sp³-hybridized carbons (Fsp3) is 0.417. The summed E-state index contributed by atoms with van der Waals surface area (Å²) in [5, 5.41) is 5.61. The van der Waals surface area contributed by atoms with Gasteiger partial charge in [0, 0.05) is 12.1 Å². The van der Waals surface area contributed by atoms with Crippen LogP contribution in [0, 0.1) is 6.92 Å². The Morgan fingerprint density at radius 3 is 2.81 bits per heavy atom. The zero-order valence-corrected chi connectivity index (χ0v) is 9.96. The quantitative estimate of drug-likeness (QED) is 0.776. The number of hydrogen-bond donors (Lipinski definition) is 2. The monoisotopic (exact) mass is 222 g/mol. The summed E-state index contributed by atoms with van der Waals surface area (Å²) in [6, 6.07) is 5.93. The number of amides is 1. The van der Waals surface area contributed by atoms with Crippen LogP contribution in [0.5, 0.6) is 5.75 Å². The van der Waals surface area contributed by atoms with Crippen LogP contribution >= 0.6 is 0 Å². The van der Waals surface area contributed by atoms with Gasteiger partial charge in [-0.1, -0.05) is 12.1 Å². The molecule has 0 spiro atoms. The molecule has 0 heterocycles. The largest absolute Gasteiger partial charge is 0.496 e. The van der Waals surface area contributed by atoms with Gasteiger partial charge in [0.25, 0.3) is 0 Å². The predicted octanol–water partition coefficient (Wildman–Crippen LogP) is 0.839. The van der Waals surface area contributed by atoms with Crippen molar-refractivity contribution in [2.75, 3.05) is 20.7 Å². The van der Waals surface area contributed by atoms with Crippen LogP contribution in [-0.4, -0.2) is 26.6 Å². The number of aryl methyl sites for hydroxylation is 1. The minimum Gasteiger partial charge on any atom is -0.496 e. The van der Waals surface area contributed by atoms with Crippen molar-refractivity contribution in [3.05, 3.63) is 29.3 Å². The SMILES string of the molecule is CNCC(=O)NCc1ccc(C)cc1OC. The van der Waals surface area contributed by atoms with Crippen LogP contribution in [0.2, 0.25) is 0 Å². The molecular weight excluding hydrogens is 204 g/mol. The highest BCUT2D eigenvalue weighted by Crippen LogP contribution is 2.19. The molecule has 0 aromatic heterocycles. The summed E-state index contributed by atoms with van der Waals surface area (Å²) in [6.07, 6.45) is 0. The molecule has 1 aromatic carbocycles. The molecule has 88 valence electrons. The van der Waals surface area contributed by atoms with E-state index in [-0.39, 0.29) is 5.91 Å². The molecule has 0 radical (unpaired) electrons. The van der Waals surface area contributed by atoms with E-state index in [1.54, 1.807) is 14.2 Å². The second kappa shape index (κ2) is 6.12. The molecule has 2 N–H and O–H groups in total. The van der Waals surface area contributed by atoms with Gasteiger partial charge in [-0.25, -0.2) is 0 Å². The summed E-state index contributed by atoms with van der Waals surface area (Å²) in [7, 11) is 3.37. The van der Waals surface area contributed by atoms with Crippen molar-refractivity contribution in [1.29, 1.82) is 0 Å². The molecule has 4 nitrogen and oxygen atoms in total. The van der Waals surface area contributed by atoms with Gasteiger partial charge < -0.3 is 15.4 Å². The van der Waals surface area contributed by atoms with Crippen LogP contribution in [0.3, 0.4) is 0 Å². The van der Waals surface area contributed by atoms with Crippen LogP contribution in [0.25, 0.3) is 0 Å². The normalized spacial score (nSPS) is 9.94. The predicted molar refractivity (Wildman–Crippen MR) is 63.5 cm³/mol. The minimum atomic E-state index is -0.0230. The van der Waals surface area contributed by atoms with Gasteiger partial charge in [0.05, 0.1) is 13.7 Å². The first-order valence-corrected chi connectivity index (χ1v) is 5.22. The third kappa shape index (κ3) is 3.55. The molecule has 1 amide bonds. The summed E-state index contributed by atoms with van der Waals surface area (Å²) >= 11 is 0. The van der Waals surface area contributed by atoms with Gasteiger partial charge in [0.1, 0.15) is 5.75 Å². The lowest BCUT2D eigenvalue weighted by Crippen LogP contribution is -2.31. The Hall–Kier alpha value is -1.55. The van der Waals surface area contributed by atoms with Gasteiger partial charge in [0.15, 0.2) is 0 Å². The van der Waals surface area contributed by atoms with Crippen molar-refractivity contribution in [2.24, 2.45) is 0 Å². The molecule has 0 unspecified atom stereocenters. The first-order valence-electron chi connectivity index (χ1n) is 5.22. The van der Waals surface area contributed by atoms with Crippen molar-refractivity contribution in [3.63, 3.8) is 0 Å². The van der Waals surface area contributed by atoms with Crippen molar-refractivity contribution in [3.8, 4) is 5.75 Å². The zero-order chi connectivity index (χ0) is 12.0. The van der Waals surface area contributed by atoms with E-state index in [4.69, 9.17) is 4.74 Å². The number of carbonyl (C=O) groups excluding carboxylic acids is 1. The Labute approximate surface area is 96.0 Å². The van der Waals surface area contributed by atoms with Gasteiger partial charge >= 0.3 is 0 Å². The number of carbonyl (C=O) groups is 1. The third-order valence-electron chi connectivity index (χ3n) is 2.26. The van der Waals surface area contributed by atoms with Gasteiger partial charge in [-0.3, -0.25) is 4.79 Å². The molecule has 1 aromatic rings. The van der Waals surface area contributed by atoms with Crippen molar-refractivity contribution >= 4 is 5.91 Å². The molecule has 1 rings (SSSR count). The van der Waals surface area contributed by atoms with Crippen molar-refractivity contribution in [2.45, 2.75) is 13.5 Å². The highest BCUT2D eigenvalue weighted by atomic mass is 16.5. The number of hydrogen-bond acceptors (Lipinski definition) is 3. The molecule has 0 fully saturated rings. The summed E-state index contributed by atoms with van der Waals surface area (Å²) < 4.78 is 5.25. The topological polar surface area (TPSA) is 50.4 Å². The number of rotatable bonds is 5. The Bertz CT molecular complexity index is 364. The Balaban J connectivity index is 2.63. The molecule has 0 aliphatic heterocycles. The molecule has 0 bridgehead atoms. The fourth-order valence-electron chi connectivity index (χ4n) is 1.41. The van der Waals surface area contributed by atoms with Gasteiger partial charge in [-0.15, -0.1) is 0 Å². The van der Waals surface area contributed by atoms with Crippen LogP contribution < -0.4 is 15.4 Å². The second-order valence-electron chi connectivity index (χ2n) is 3.62. The standard InChI is InChI=1S/C12H18N2O2/c1-9-4-5-10(11(6-9)16-3)7-14-12(15)8-13-2/h4-6,13H,7-8H2,1-3H3,(H,14,15). The number of benzene rings is 1. The molecule has 0 saturated carbocycles. The number of ether oxygens (including phenoxy) is 1. The van der Waals surface area contributed by atoms with Crippen molar-refractivity contribution in [1.82, 2.24) is 10.6 Å². The van der Waals surface area contributed by atoms with E-state index in [2.05, 4.69) is 10.6 Å². The molecule has 16 heavy (non-hydrogen) atoms. The summed E-state index contributed by atoms with van der Waals surface area (Å²) in [6.45, 7) is 2.82. The average Bonchev–Trinajstić information content (AvgIpc) is 2.27. The first kappa shape index (κ1) is 12.5. The highest BCUT2D eigenvalue weighted by molar-refractivity contribution is 5.78. The maximum absolute atomic E-state index is 11.3. The van der Waals surface area contributed by atoms with Crippen LogP contribution in [-0.2, 0) is 11.3 Å². The Morgan fingerprint density at radius 2 is 2.19 bits per heavy atom. The van der Waals surface area contributed by atoms with Crippen molar-refractivity contribution < 1.29 is 9.53 Å². The van der Waals surface area contributed by atoms with E-state index in [0.717, 1.165) is 16.9 Å². The molecule has 0 atom stereocenters. The maximum atomic E-state index is 11.3. The number of methoxy groups -OCH3 is 1. The molecule has 0 saturated heterocycles. The van der Waals surface area contributed by atoms with Gasteiger partial charge in [0.2, 0.25) is 5.91 Å². The van der Waals surface area contributed by atoms with E-state index in [1.165, 1.54) is 0 Å². The first-order chi connectivity index (χ1) is 7.67. The lowest BCUT2D eigenvalue weighted by Gasteiger charge is -2.10. The lowest BCUT2D eigenvalue weighted by molar-refractivity contribution is -0.120. The Morgan fingerprint density at radius 1 is 1.44 bits per heavy atom. The molecular formula is C12H18N2O2. The number of likely N-dealkylation sites (N-methyl/N-ethyl adjacent to an activating group) is 1. The fourth-order valence-corrected chi connectivity index (χ4v) is 1.41. The third-order valence-corrected chi connectivity index (χ3v) is 2.26. The van der Waals surface area contributed by atoms with Gasteiger partial charge in [-0.05, 0) is 25.6 Å². The van der Waals surface area contributed by atoms with Crippen LogP contribution in [0.1, 0.15) is 11.1 Å². The lowest BCUT2D eigenvalue weighted by atomic mass is 10.1. The minimum absolute atomic E-state index is 0.0230. The van der Waals surface area contributed by atoms with E-state index < -0.39 is 0 Å². The van der Waals surface area contributed by atoms with E-state index in [0.29, 0.717) is 13.1 Å². The molecule has 4 heteroatoms. The van der Waals surface area contributed by atoms with E-state index in [9.17, 15) is 4.79 Å². The zero-order valence-electron chi connectivity index (χ0n) is 9.96. The summed E-state index contributed by atoms with van der Waals surface area (Å²) in [5.74, 6) is 0.787. The van der Waals surface area contributed by atoms with Crippen LogP contribution in [0.4, 0.5) is 0 Å². The molecule has 0 aliphatic rings. The summed E-state index contributed by atoms with van der Waals surface area (Å²) in [5.41, 5.74) is 2.12. The van der Waals surface area contributed by atoms with Crippen LogP contribution in [0.15, 0.2) is 18.2 Å². The van der Waals surface area contributed by atoms with Gasteiger partial charge in [-0.2, -0.15) is 0 Å². The second-order valence-corrected chi connectivity index (χ2v) is 3.62. The Kier molecular flexibility index (Phi) is 4.79. The summed E-state index contributed by atoms with van der Waals surface area (Å²) in [4.78, 5) is 11.3. The maximum Gasteiger partial charge on any atom is 0.234 e. The highest BCUT2D eigenvalue weighted by Gasteiger charge is 2.04. The number of nitrogens with one attached hydrogen (secondary N) is 2. The average molecular weight is 222 g/mol. The van der Waals surface area contributed by atoms with E-state index in [1.807, 2.05) is 25.1 Å². The van der Waals surface area contributed by atoms with E-state index >= 15 is 0 Å². The smallest absolute Gasteiger partial charge is 0.234 e.